The van der Waals surface area contributed by atoms with Crippen molar-refractivity contribution in [2.24, 2.45) is 0 Å². The van der Waals surface area contributed by atoms with E-state index in [0.29, 0.717) is 11.5 Å². The maximum Gasteiger partial charge on any atom is 0.176 e. The number of carbonyl (C=O) groups excluding carboxylic acids is 1. The van der Waals surface area contributed by atoms with Gasteiger partial charge in [0.05, 0.1) is 19.0 Å². The lowest BCUT2D eigenvalue weighted by Gasteiger charge is -2.34. The first-order valence-corrected chi connectivity index (χ1v) is 6.77. The molecule has 0 spiro atoms. The number of hydrogen-bond donors (Lipinski definition) is 0. The van der Waals surface area contributed by atoms with E-state index in [1.165, 1.54) is 0 Å². The van der Waals surface area contributed by atoms with Gasteiger partial charge in [-0.25, -0.2) is 0 Å². The number of ether oxygens (including phenoxy) is 2. The second kappa shape index (κ2) is 4.57. The molecular formula is C14H17BrO3. The predicted molar refractivity (Wildman–Crippen MR) is 74.2 cm³/mol. The molecule has 1 atom stereocenters. The molecule has 1 unspecified atom stereocenters. The zero-order valence-electron chi connectivity index (χ0n) is 11.0. The summed E-state index contributed by atoms with van der Waals surface area (Å²) in [6.45, 7) is 4.27. The fourth-order valence-electron chi connectivity index (χ4n) is 2.46. The first-order valence-electron chi connectivity index (χ1n) is 5.85. The van der Waals surface area contributed by atoms with Gasteiger partial charge >= 0.3 is 0 Å². The van der Waals surface area contributed by atoms with E-state index in [9.17, 15) is 4.79 Å². The highest BCUT2D eigenvalue weighted by Gasteiger charge is 2.38. The van der Waals surface area contributed by atoms with E-state index < -0.39 is 0 Å². The molecule has 0 fully saturated rings. The smallest absolute Gasteiger partial charge is 0.176 e. The third-order valence-corrected chi connectivity index (χ3v) is 4.23. The molecule has 0 heterocycles. The molecule has 1 aliphatic rings. The van der Waals surface area contributed by atoms with Crippen LogP contribution in [-0.4, -0.2) is 24.8 Å². The van der Waals surface area contributed by atoms with Gasteiger partial charge in [-0.3, -0.25) is 4.79 Å². The summed E-state index contributed by atoms with van der Waals surface area (Å²) < 4.78 is 10.6. The number of rotatable bonds is 2. The molecule has 1 aliphatic carbocycles. The minimum atomic E-state index is -0.127. The van der Waals surface area contributed by atoms with Crippen LogP contribution in [0.1, 0.15) is 36.2 Å². The lowest BCUT2D eigenvalue weighted by molar-refractivity contribution is 0.0966. The molecule has 0 saturated carbocycles. The van der Waals surface area contributed by atoms with Gasteiger partial charge in [-0.2, -0.15) is 0 Å². The van der Waals surface area contributed by atoms with Gasteiger partial charge in [0.1, 0.15) is 0 Å². The van der Waals surface area contributed by atoms with E-state index in [1.807, 2.05) is 6.07 Å². The number of hydrogen-bond acceptors (Lipinski definition) is 3. The zero-order valence-corrected chi connectivity index (χ0v) is 12.6. The number of fused-ring (bicyclic) bond motifs is 1. The maximum absolute atomic E-state index is 12.2. The number of halogens is 1. The van der Waals surface area contributed by atoms with Gasteiger partial charge in [0, 0.05) is 5.56 Å². The quantitative estimate of drug-likeness (QED) is 0.786. The third kappa shape index (κ3) is 2.03. The van der Waals surface area contributed by atoms with Gasteiger partial charge < -0.3 is 9.47 Å². The van der Waals surface area contributed by atoms with Crippen LogP contribution >= 0.6 is 15.9 Å². The van der Waals surface area contributed by atoms with E-state index in [0.717, 1.165) is 17.5 Å². The van der Waals surface area contributed by atoms with Gasteiger partial charge in [-0.05, 0) is 29.5 Å². The monoisotopic (exact) mass is 312 g/mol. The topological polar surface area (TPSA) is 35.5 Å². The fourth-order valence-corrected chi connectivity index (χ4v) is 3.52. The molecule has 2 rings (SSSR count). The first-order chi connectivity index (χ1) is 8.40. The Labute approximate surface area is 116 Å². The van der Waals surface area contributed by atoms with Crippen molar-refractivity contribution < 1.29 is 14.3 Å². The van der Waals surface area contributed by atoms with E-state index in [-0.39, 0.29) is 16.0 Å². The summed E-state index contributed by atoms with van der Waals surface area (Å²) >= 11 is 3.46. The van der Waals surface area contributed by atoms with Crippen LogP contribution in [-0.2, 0) is 5.41 Å². The molecule has 0 aromatic heterocycles. The Morgan fingerprint density at radius 1 is 1.22 bits per heavy atom. The maximum atomic E-state index is 12.2. The summed E-state index contributed by atoms with van der Waals surface area (Å²) in [7, 11) is 3.18. The highest BCUT2D eigenvalue weighted by atomic mass is 79.9. The Bertz CT molecular complexity index is 494. The summed E-state index contributed by atoms with van der Waals surface area (Å²) in [6, 6.07) is 3.70. The number of alkyl halides is 1. The van der Waals surface area contributed by atoms with Crippen molar-refractivity contribution in [3.05, 3.63) is 23.3 Å². The molecule has 0 bridgehead atoms. The zero-order chi connectivity index (χ0) is 13.5. The van der Waals surface area contributed by atoms with Crippen LogP contribution in [0.4, 0.5) is 0 Å². The van der Waals surface area contributed by atoms with Crippen LogP contribution in [0.15, 0.2) is 12.1 Å². The molecule has 1 aromatic carbocycles. The number of methoxy groups -OCH3 is 2. The standard InChI is InChI=1S/C14H17BrO3/c1-14(2)7-10(15)13(16)8-5-11(17-3)12(18-4)6-9(8)14/h5-6,10H,7H2,1-4H3. The third-order valence-electron chi connectivity index (χ3n) is 3.49. The number of carbonyl (C=O) groups is 1. The predicted octanol–water partition coefficient (Wildman–Crippen LogP) is 3.33. The molecule has 0 radical (unpaired) electrons. The van der Waals surface area contributed by atoms with E-state index in [2.05, 4.69) is 29.8 Å². The molecule has 0 N–H and O–H groups in total. The largest absolute Gasteiger partial charge is 0.493 e. The van der Waals surface area contributed by atoms with Crippen LogP contribution in [0.2, 0.25) is 0 Å². The molecule has 98 valence electrons. The van der Waals surface area contributed by atoms with Crippen LogP contribution in [0.25, 0.3) is 0 Å². The number of benzene rings is 1. The van der Waals surface area contributed by atoms with E-state index in [1.54, 1.807) is 20.3 Å². The van der Waals surface area contributed by atoms with Crippen LogP contribution in [0.3, 0.4) is 0 Å². The van der Waals surface area contributed by atoms with Crippen molar-refractivity contribution >= 4 is 21.7 Å². The fraction of sp³-hybridized carbons (Fsp3) is 0.500. The second-order valence-electron chi connectivity index (χ2n) is 5.17. The lowest BCUT2D eigenvalue weighted by atomic mass is 9.72. The second-order valence-corrected chi connectivity index (χ2v) is 6.28. The highest BCUT2D eigenvalue weighted by molar-refractivity contribution is 9.10. The molecule has 3 nitrogen and oxygen atoms in total. The van der Waals surface area contributed by atoms with Crippen molar-refractivity contribution in [3.8, 4) is 11.5 Å². The normalized spacial score (nSPS) is 21.4. The number of Topliss-reactive ketones (excluding diaryl/α,β-unsaturated/α-hetero) is 1. The average molecular weight is 313 g/mol. The summed E-state index contributed by atoms with van der Waals surface area (Å²) in [5.41, 5.74) is 1.70. The Balaban J connectivity index is 2.67. The van der Waals surface area contributed by atoms with Crippen LogP contribution in [0.5, 0.6) is 11.5 Å². The average Bonchev–Trinajstić information content (AvgIpc) is 2.34. The van der Waals surface area contributed by atoms with Crippen molar-refractivity contribution in [2.45, 2.75) is 30.5 Å². The first kappa shape index (κ1) is 13.4. The van der Waals surface area contributed by atoms with Gasteiger partial charge in [0.2, 0.25) is 0 Å². The minimum absolute atomic E-state index is 0.0586. The SMILES string of the molecule is COc1cc2c(cc1OC)C(C)(C)CC(Br)C2=O. The van der Waals surface area contributed by atoms with Gasteiger partial charge in [-0.1, -0.05) is 29.8 Å². The van der Waals surface area contributed by atoms with Gasteiger partial charge in [0.25, 0.3) is 0 Å². The Kier molecular flexibility index (Phi) is 3.41. The number of ketones is 1. The Morgan fingerprint density at radius 3 is 2.33 bits per heavy atom. The minimum Gasteiger partial charge on any atom is -0.493 e. The van der Waals surface area contributed by atoms with Crippen molar-refractivity contribution in [2.75, 3.05) is 14.2 Å². The molecule has 18 heavy (non-hydrogen) atoms. The van der Waals surface area contributed by atoms with Crippen molar-refractivity contribution in [3.63, 3.8) is 0 Å². The Morgan fingerprint density at radius 2 is 1.78 bits per heavy atom. The van der Waals surface area contributed by atoms with Gasteiger partial charge in [0.15, 0.2) is 17.3 Å². The van der Waals surface area contributed by atoms with Gasteiger partial charge in [-0.15, -0.1) is 0 Å². The van der Waals surface area contributed by atoms with Crippen molar-refractivity contribution in [1.82, 2.24) is 0 Å². The molecule has 0 amide bonds. The van der Waals surface area contributed by atoms with Crippen LogP contribution in [0, 0.1) is 0 Å². The molecule has 0 aliphatic heterocycles. The summed E-state index contributed by atoms with van der Waals surface area (Å²) in [4.78, 5) is 12.1. The van der Waals surface area contributed by atoms with Crippen LogP contribution < -0.4 is 9.47 Å². The molecular weight excluding hydrogens is 296 g/mol. The van der Waals surface area contributed by atoms with Crippen molar-refractivity contribution in [1.29, 1.82) is 0 Å². The highest BCUT2D eigenvalue weighted by Crippen LogP contribution is 2.43. The molecule has 4 heteroatoms. The molecule has 1 aromatic rings. The van der Waals surface area contributed by atoms with E-state index in [4.69, 9.17) is 9.47 Å². The lowest BCUT2D eigenvalue weighted by Crippen LogP contribution is -2.34. The summed E-state index contributed by atoms with van der Waals surface area (Å²) in [6.07, 6.45) is 0.786. The summed E-state index contributed by atoms with van der Waals surface area (Å²) in [5.74, 6) is 1.39. The molecule has 0 saturated heterocycles. The Hall–Kier alpha value is -1.03. The summed E-state index contributed by atoms with van der Waals surface area (Å²) in [5, 5.41) is 0. The van der Waals surface area contributed by atoms with E-state index >= 15 is 0 Å².